The molecule has 0 spiro atoms. The minimum absolute atomic E-state index is 0.0786. The molecule has 0 amide bonds. The van der Waals surface area contributed by atoms with E-state index in [1.54, 1.807) is 25.1 Å². The molecule has 1 saturated heterocycles. The van der Waals surface area contributed by atoms with E-state index < -0.39 is 14.9 Å². The van der Waals surface area contributed by atoms with Crippen LogP contribution in [0.2, 0.25) is 0 Å². The van der Waals surface area contributed by atoms with Crippen molar-refractivity contribution in [3.05, 3.63) is 51.6 Å². The van der Waals surface area contributed by atoms with Gasteiger partial charge in [0.15, 0.2) is 11.5 Å². The Morgan fingerprint density at radius 1 is 0.967 bits per heavy atom. The quantitative estimate of drug-likeness (QED) is 0.539. The summed E-state index contributed by atoms with van der Waals surface area (Å²) in [6, 6.07) is 8.36. The lowest BCUT2D eigenvalue weighted by molar-refractivity contribution is -0.384. The van der Waals surface area contributed by atoms with Gasteiger partial charge in [-0.05, 0) is 31.0 Å². The fraction of sp³-hybridized carbons (Fsp3) is 0.400. The number of nitro groups is 1. The molecule has 0 saturated carbocycles. The molecule has 0 radical (unpaired) electrons. The van der Waals surface area contributed by atoms with Gasteiger partial charge in [0.2, 0.25) is 10.0 Å². The van der Waals surface area contributed by atoms with Gasteiger partial charge < -0.3 is 14.4 Å². The summed E-state index contributed by atoms with van der Waals surface area (Å²) in [5.41, 5.74) is 1.91. The van der Waals surface area contributed by atoms with E-state index >= 15 is 0 Å². The molecule has 4 rings (SSSR count). The lowest BCUT2D eigenvalue weighted by Gasteiger charge is -2.35. The van der Waals surface area contributed by atoms with Crippen LogP contribution >= 0.6 is 0 Å². The molecule has 2 aliphatic rings. The van der Waals surface area contributed by atoms with Crippen molar-refractivity contribution in [1.82, 2.24) is 4.31 Å². The number of sulfonamides is 1. The van der Waals surface area contributed by atoms with E-state index in [-0.39, 0.29) is 18.8 Å². The van der Waals surface area contributed by atoms with Crippen LogP contribution in [-0.4, -0.2) is 57.0 Å². The summed E-state index contributed by atoms with van der Waals surface area (Å²) in [6.45, 7) is 5.51. The van der Waals surface area contributed by atoms with Gasteiger partial charge in [0.05, 0.1) is 15.9 Å². The first kappa shape index (κ1) is 20.4. The predicted octanol–water partition coefficient (Wildman–Crippen LogP) is 2.49. The van der Waals surface area contributed by atoms with E-state index in [0.717, 1.165) is 5.56 Å². The van der Waals surface area contributed by atoms with Crippen LogP contribution < -0.4 is 14.4 Å². The Morgan fingerprint density at radius 2 is 1.60 bits per heavy atom. The molecule has 1 fully saturated rings. The van der Waals surface area contributed by atoms with E-state index in [1.165, 1.54) is 10.4 Å². The molecule has 2 aromatic carbocycles. The highest BCUT2D eigenvalue weighted by molar-refractivity contribution is 7.89. The first-order valence-corrected chi connectivity index (χ1v) is 11.1. The molecule has 0 bridgehead atoms. The van der Waals surface area contributed by atoms with Crippen LogP contribution in [0.4, 0.5) is 11.4 Å². The number of fused-ring (bicyclic) bond motifs is 1. The number of hydrogen-bond acceptors (Lipinski definition) is 7. The molecule has 0 atom stereocenters. The summed E-state index contributed by atoms with van der Waals surface area (Å²) in [5.74, 6) is 0.820. The van der Waals surface area contributed by atoms with Crippen LogP contribution in [0.3, 0.4) is 0 Å². The monoisotopic (exact) mass is 433 g/mol. The Bertz CT molecular complexity index is 1090. The first-order chi connectivity index (χ1) is 14.3. The number of rotatable bonds is 4. The standard InChI is InChI=1S/C20H23N3O6S/c1-14-3-4-15(2)20(11-14)30(26,27)22-7-5-21(6-8-22)16-12-18-19(29-10-9-28-18)13-17(16)23(24)25/h3-4,11-13H,5-10H2,1-2H3. The summed E-state index contributed by atoms with van der Waals surface area (Å²) < 4.78 is 38.7. The lowest BCUT2D eigenvalue weighted by Crippen LogP contribution is -2.49. The van der Waals surface area contributed by atoms with Crippen LogP contribution in [0.1, 0.15) is 11.1 Å². The second-order valence-electron chi connectivity index (χ2n) is 7.40. The normalized spacial score (nSPS) is 17.1. The zero-order valence-corrected chi connectivity index (χ0v) is 17.6. The van der Waals surface area contributed by atoms with Gasteiger partial charge in [0.25, 0.3) is 5.69 Å². The number of anilines is 1. The molecule has 160 valence electrons. The largest absolute Gasteiger partial charge is 0.486 e. The highest BCUT2D eigenvalue weighted by atomic mass is 32.2. The molecule has 2 heterocycles. The van der Waals surface area contributed by atoms with Gasteiger partial charge in [-0.1, -0.05) is 12.1 Å². The van der Waals surface area contributed by atoms with Gasteiger partial charge in [-0.25, -0.2) is 8.42 Å². The Labute approximate surface area is 175 Å². The lowest BCUT2D eigenvalue weighted by atomic mass is 10.2. The van der Waals surface area contributed by atoms with Crippen molar-refractivity contribution in [1.29, 1.82) is 0 Å². The summed E-state index contributed by atoms with van der Waals surface area (Å²) in [4.78, 5) is 13.3. The van der Waals surface area contributed by atoms with Crippen molar-refractivity contribution in [2.75, 3.05) is 44.3 Å². The zero-order valence-electron chi connectivity index (χ0n) is 16.8. The van der Waals surface area contributed by atoms with Gasteiger partial charge in [-0.15, -0.1) is 0 Å². The van der Waals surface area contributed by atoms with Crippen LogP contribution in [0.15, 0.2) is 35.2 Å². The molecule has 0 aliphatic carbocycles. The number of nitro benzene ring substituents is 1. The number of piperazine rings is 1. The van der Waals surface area contributed by atoms with Crippen molar-refractivity contribution >= 4 is 21.4 Å². The fourth-order valence-electron chi connectivity index (χ4n) is 3.76. The average Bonchev–Trinajstić information content (AvgIpc) is 2.74. The molecule has 30 heavy (non-hydrogen) atoms. The highest BCUT2D eigenvalue weighted by Gasteiger charge is 2.33. The first-order valence-electron chi connectivity index (χ1n) is 9.68. The number of hydrogen-bond donors (Lipinski definition) is 0. The van der Waals surface area contributed by atoms with Crippen molar-refractivity contribution in [3.8, 4) is 11.5 Å². The highest BCUT2D eigenvalue weighted by Crippen LogP contribution is 2.41. The van der Waals surface area contributed by atoms with Crippen LogP contribution in [0.25, 0.3) is 0 Å². The predicted molar refractivity (Wildman–Crippen MR) is 111 cm³/mol. The van der Waals surface area contributed by atoms with Crippen molar-refractivity contribution in [2.45, 2.75) is 18.7 Å². The Hall–Kier alpha value is -2.85. The number of nitrogens with zero attached hydrogens (tertiary/aromatic N) is 3. The molecule has 0 N–H and O–H groups in total. The average molecular weight is 433 g/mol. The second-order valence-corrected chi connectivity index (χ2v) is 9.31. The van der Waals surface area contributed by atoms with E-state index in [0.29, 0.717) is 53.9 Å². The molecule has 10 heteroatoms. The van der Waals surface area contributed by atoms with Gasteiger partial charge >= 0.3 is 0 Å². The smallest absolute Gasteiger partial charge is 0.296 e. The number of benzene rings is 2. The summed E-state index contributed by atoms with van der Waals surface area (Å²) in [5, 5.41) is 11.6. The number of ether oxygens (including phenoxy) is 2. The maximum Gasteiger partial charge on any atom is 0.296 e. The molecule has 0 unspecified atom stereocenters. The Kier molecular flexibility index (Phi) is 5.29. The van der Waals surface area contributed by atoms with Gasteiger partial charge in [-0.2, -0.15) is 4.31 Å². The Morgan fingerprint density at radius 3 is 2.23 bits per heavy atom. The van der Waals surface area contributed by atoms with E-state index in [1.807, 2.05) is 17.9 Å². The van der Waals surface area contributed by atoms with E-state index in [2.05, 4.69) is 0 Å². The third-order valence-corrected chi connectivity index (χ3v) is 7.42. The minimum atomic E-state index is -3.63. The van der Waals surface area contributed by atoms with Crippen molar-refractivity contribution in [3.63, 3.8) is 0 Å². The molecule has 2 aromatic rings. The number of aryl methyl sites for hydroxylation is 2. The van der Waals surface area contributed by atoms with E-state index in [4.69, 9.17) is 9.47 Å². The van der Waals surface area contributed by atoms with Crippen LogP contribution in [-0.2, 0) is 10.0 Å². The topological polar surface area (TPSA) is 102 Å². The maximum absolute atomic E-state index is 13.1. The zero-order chi connectivity index (χ0) is 21.5. The fourth-order valence-corrected chi connectivity index (χ4v) is 5.49. The van der Waals surface area contributed by atoms with Crippen molar-refractivity contribution < 1.29 is 22.8 Å². The second kappa shape index (κ2) is 7.77. The molecular weight excluding hydrogens is 410 g/mol. The van der Waals surface area contributed by atoms with Crippen LogP contribution in [0.5, 0.6) is 11.5 Å². The third kappa shape index (κ3) is 3.68. The summed E-state index contributed by atoms with van der Waals surface area (Å²) >= 11 is 0. The molecule has 2 aliphatic heterocycles. The van der Waals surface area contributed by atoms with Gasteiger partial charge in [-0.3, -0.25) is 10.1 Å². The summed E-state index contributed by atoms with van der Waals surface area (Å²) in [6.07, 6.45) is 0. The van der Waals surface area contributed by atoms with Gasteiger partial charge in [0, 0.05) is 32.2 Å². The molecular formula is C20H23N3O6S. The maximum atomic E-state index is 13.1. The molecule has 0 aromatic heterocycles. The minimum Gasteiger partial charge on any atom is -0.486 e. The van der Waals surface area contributed by atoms with Crippen molar-refractivity contribution in [2.24, 2.45) is 0 Å². The van der Waals surface area contributed by atoms with E-state index in [9.17, 15) is 18.5 Å². The molecule has 9 nitrogen and oxygen atoms in total. The summed E-state index contributed by atoms with van der Waals surface area (Å²) in [7, 11) is -3.63. The van der Waals surface area contributed by atoms with Gasteiger partial charge in [0.1, 0.15) is 18.9 Å². The SMILES string of the molecule is Cc1ccc(C)c(S(=O)(=O)N2CCN(c3cc4c(cc3[N+](=O)[O-])OCCO4)CC2)c1. The van der Waals surface area contributed by atoms with Crippen LogP contribution in [0, 0.1) is 24.0 Å². The third-order valence-electron chi connectivity index (χ3n) is 5.38. The Balaban J connectivity index is 1.58.